The van der Waals surface area contributed by atoms with E-state index in [4.69, 9.17) is 14.6 Å². The topological polar surface area (TPSA) is 84.9 Å². The highest BCUT2D eigenvalue weighted by Gasteiger charge is 2.50. The van der Waals surface area contributed by atoms with Crippen LogP contribution >= 0.6 is 0 Å². The fraction of sp³-hybridized carbons (Fsp3) is 0.429. The van der Waals surface area contributed by atoms with Gasteiger partial charge in [-0.05, 0) is 25.0 Å². The minimum absolute atomic E-state index is 0.128. The summed E-state index contributed by atoms with van der Waals surface area (Å²) in [4.78, 5) is 23.0. The molecule has 1 aromatic rings. The van der Waals surface area contributed by atoms with Gasteiger partial charge in [-0.2, -0.15) is 0 Å². The summed E-state index contributed by atoms with van der Waals surface area (Å²) in [6.07, 6.45) is 0.468. The van der Waals surface area contributed by atoms with Crippen molar-refractivity contribution in [3.8, 4) is 11.5 Å². The average molecular weight is 277 g/mol. The molecule has 1 amide bonds. The summed E-state index contributed by atoms with van der Waals surface area (Å²) >= 11 is 0. The molecule has 1 aromatic carbocycles. The molecule has 1 saturated carbocycles. The predicted octanol–water partition coefficient (Wildman–Crippen LogP) is 0.807. The summed E-state index contributed by atoms with van der Waals surface area (Å²) in [5, 5.41) is 11.7. The van der Waals surface area contributed by atoms with Crippen molar-refractivity contribution in [2.75, 3.05) is 13.2 Å². The van der Waals surface area contributed by atoms with E-state index in [1.165, 1.54) is 0 Å². The van der Waals surface area contributed by atoms with Crippen molar-refractivity contribution in [3.05, 3.63) is 24.3 Å². The second kappa shape index (κ2) is 4.70. The average Bonchev–Trinajstić information content (AvgIpc) is 3.25. The normalized spacial score (nSPS) is 21.9. The maximum absolute atomic E-state index is 12.0. The van der Waals surface area contributed by atoms with Gasteiger partial charge >= 0.3 is 5.97 Å². The summed E-state index contributed by atoms with van der Waals surface area (Å²) in [7, 11) is 0. The Bertz CT molecular complexity index is 552. The molecule has 0 radical (unpaired) electrons. The first kappa shape index (κ1) is 12.8. The van der Waals surface area contributed by atoms with Crippen LogP contribution in [0.25, 0.3) is 0 Å². The molecule has 0 saturated heterocycles. The third kappa shape index (κ3) is 2.29. The van der Waals surface area contributed by atoms with Crippen LogP contribution in [0.15, 0.2) is 24.3 Å². The predicted molar refractivity (Wildman–Crippen MR) is 68.7 cm³/mol. The highest BCUT2D eigenvalue weighted by Crippen LogP contribution is 2.45. The van der Waals surface area contributed by atoms with Gasteiger partial charge in [0.2, 0.25) is 6.10 Å². The zero-order valence-electron chi connectivity index (χ0n) is 10.8. The second-order valence-electron chi connectivity index (χ2n) is 5.17. The van der Waals surface area contributed by atoms with Crippen LogP contribution in [0.2, 0.25) is 0 Å². The lowest BCUT2D eigenvalue weighted by atomic mass is 10.1. The van der Waals surface area contributed by atoms with E-state index in [1.807, 2.05) is 6.07 Å². The van der Waals surface area contributed by atoms with Crippen LogP contribution in [0.4, 0.5) is 0 Å². The van der Waals surface area contributed by atoms with Crippen LogP contribution < -0.4 is 14.8 Å². The van der Waals surface area contributed by atoms with E-state index in [1.54, 1.807) is 18.2 Å². The molecule has 0 spiro atoms. The third-order valence-electron chi connectivity index (χ3n) is 3.71. The van der Waals surface area contributed by atoms with Gasteiger partial charge in [-0.25, -0.2) is 0 Å². The molecule has 2 N–H and O–H groups in total. The lowest BCUT2D eigenvalue weighted by Crippen LogP contribution is -2.46. The minimum atomic E-state index is -0.857. The Balaban J connectivity index is 1.58. The fourth-order valence-corrected chi connectivity index (χ4v) is 2.14. The zero-order chi connectivity index (χ0) is 14.2. The SMILES string of the molecule is O=C(NCC1(C(=O)O)CC1)C1COc2ccccc2O1. The number of carbonyl (C=O) groups excluding carboxylic acids is 1. The number of hydrogen-bond donors (Lipinski definition) is 2. The van der Waals surface area contributed by atoms with E-state index >= 15 is 0 Å². The van der Waals surface area contributed by atoms with Gasteiger partial charge in [-0.3, -0.25) is 9.59 Å². The monoisotopic (exact) mass is 277 g/mol. The molecular weight excluding hydrogens is 262 g/mol. The zero-order valence-corrected chi connectivity index (χ0v) is 10.8. The quantitative estimate of drug-likeness (QED) is 0.850. The Kier molecular flexibility index (Phi) is 3.00. The van der Waals surface area contributed by atoms with Gasteiger partial charge in [0.25, 0.3) is 5.91 Å². The highest BCUT2D eigenvalue weighted by atomic mass is 16.6. The number of para-hydroxylation sites is 2. The molecule has 1 atom stereocenters. The summed E-state index contributed by atoms with van der Waals surface area (Å²) in [5.74, 6) is -0.0602. The number of amides is 1. The van der Waals surface area contributed by atoms with E-state index in [0.717, 1.165) is 0 Å². The van der Waals surface area contributed by atoms with E-state index < -0.39 is 17.5 Å². The molecular formula is C14H15NO5. The number of carboxylic acids is 1. The first-order chi connectivity index (χ1) is 9.61. The first-order valence-electron chi connectivity index (χ1n) is 6.50. The van der Waals surface area contributed by atoms with Crippen molar-refractivity contribution in [2.45, 2.75) is 18.9 Å². The lowest BCUT2D eigenvalue weighted by molar-refractivity contribution is -0.143. The van der Waals surface area contributed by atoms with Crippen LogP contribution in [0.5, 0.6) is 11.5 Å². The van der Waals surface area contributed by atoms with E-state index in [-0.39, 0.29) is 19.1 Å². The second-order valence-corrected chi connectivity index (χ2v) is 5.17. The maximum atomic E-state index is 12.0. The van der Waals surface area contributed by atoms with Crippen LogP contribution in [-0.4, -0.2) is 36.2 Å². The van der Waals surface area contributed by atoms with E-state index in [9.17, 15) is 9.59 Å². The number of carbonyl (C=O) groups is 2. The largest absolute Gasteiger partial charge is 0.485 e. The molecule has 1 unspecified atom stereocenters. The van der Waals surface area contributed by atoms with Gasteiger partial charge < -0.3 is 19.9 Å². The number of hydrogen-bond acceptors (Lipinski definition) is 4. The van der Waals surface area contributed by atoms with Crippen LogP contribution in [0.1, 0.15) is 12.8 Å². The van der Waals surface area contributed by atoms with Crippen LogP contribution in [0, 0.1) is 5.41 Å². The molecule has 0 aromatic heterocycles. The van der Waals surface area contributed by atoms with Crippen molar-refractivity contribution < 1.29 is 24.2 Å². The molecule has 1 heterocycles. The Labute approximate surface area is 115 Å². The van der Waals surface area contributed by atoms with Gasteiger partial charge in [0.15, 0.2) is 11.5 Å². The Morgan fingerprint density at radius 2 is 2.00 bits per heavy atom. The van der Waals surface area contributed by atoms with Gasteiger partial charge in [0.1, 0.15) is 6.61 Å². The maximum Gasteiger partial charge on any atom is 0.311 e. The molecule has 20 heavy (non-hydrogen) atoms. The molecule has 1 aliphatic carbocycles. The summed E-state index contributed by atoms with van der Waals surface area (Å²) in [6, 6.07) is 7.12. The van der Waals surface area contributed by atoms with E-state index in [2.05, 4.69) is 5.32 Å². The van der Waals surface area contributed by atoms with Gasteiger partial charge in [-0.15, -0.1) is 0 Å². The molecule has 106 valence electrons. The number of ether oxygens (including phenoxy) is 2. The fourth-order valence-electron chi connectivity index (χ4n) is 2.14. The lowest BCUT2D eigenvalue weighted by Gasteiger charge is -2.26. The molecule has 6 heteroatoms. The number of benzene rings is 1. The van der Waals surface area contributed by atoms with Crippen molar-refractivity contribution in [2.24, 2.45) is 5.41 Å². The number of fused-ring (bicyclic) bond motifs is 1. The van der Waals surface area contributed by atoms with Crippen LogP contribution in [-0.2, 0) is 9.59 Å². The Hall–Kier alpha value is -2.24. The van der Waals surface area contributed by atoms with Crippen molar-refractivity contribution >= 4 is 11.9 Å². The van der Waals surface area contributed by atoms with Crippen molar-refractivity contribution in [3.63, 3.8) is 0 Å². The standard InChI is InChI=1S/C14H15NO5/c16-12(15-8-14(5-6-14)13(17)18)11-7-19-9-3-1-2-4-10(9)20-11/h1-4,11H,5-8H2,(H,15,16)(H,17,18). The summed E-state index contributed by atoms with van der Waals surface area (Å²) < 4.78 is 11.0. The number of rotatable bonds is 4. The van der Waals surface area contributed by atoms with E-state index in [0.29, 0.717) is 24.3 Å². The number of nitrogens with one attached hydrogen (secondary N) is 1. The Morgan fingerprint density at radius 3 is 2.65 bits per heavy atom. The Morgan fingerprint density at radius 1 is 1.30 bits per heavy atom. The molecule has 1 aliphatic heterocycles. The molecule has 1 fully saturated rings. The summed E-state index contributed by atoms with van der Waals surface area (Å²) in [5.41, 5.74) is -0.775. The molecule has 2 aliphatic rings. The highest BCUT2D eigenvalue weighted by molar-refractivity contribution is 5.84. The summed E-state index contributed by atoms with van der Waals surface area (Å²) in [6.45, 7) is 0.269. The minimum Gasteiger partial charge on any atom is -0.485 e. The smallest absolute Gasteiger partial charge is 0.311 e. The molecule has 3 rings (SSSR count). The number of aliphatic carboxylic acids is 1. The van der Waals surface area contributed by atoms with Gasteiger partial charge in [0.05, 0.1) is 5.41 Å². The van der Waals surface area contributed by atoms with Gasteiger partial charge in [-0.1, -0.05) is 12.1 Å². The van der Waals surface area contributed by atoms with Crippen LogP contribution in [0.3, 0.4) is 0 Å². The van der Waals surface area contributed by atoms with Gasteiger partial charge in [0, 0.05) is 6.54 Å². The third-order valence-corrected chi connectivity index (χ3v) is 3.71. The first-order valence-corrected chi connectivity index (χ1v) is 6.50. The van der Waals surface area contributed by atoms with Crippen molar-refractivity contribution in [1.29, 1.82) is 0 Å². The molecule has 6 nitrogen and oxygen atoms in total. The van der Waals surface area contributed by atoms with Crippen molar-refractivity contribution in [1.82, 2.24) is 5.32 Å². The molecule has 0 bridgehead atoms. The number of carboxylic acid groups (broad SMARTS) is 1.